The normalized spacial score (nSPS) is 22.0. The fraction of sp³-hybridized carbons (Fsp3) is 0.353. The minimum Gasteiger partial charge on any atom is -0.486 e. The Balaban J connectivity index is 2.07. The molecule has 1 atom stereocenters. The van der Waals surface area contributed by atoms with Gasteiger partial charge in [-0.25, -0.2) is 4.39 Å². The Morgan fingerprint density at radius 1 is 1.24 bits per heavy atom. The number of aromatic nitrogens is 1. The van der Waals surface area contributed by atoms with Gasteiger partial charge in [0.15, 0.2) is 11.6 Å². The lowest BCUT2D eigenvalue weighted by atomic mass is 9.76. The van der Waals surface area contributed by atoms with E-state index >= 15 is 0 Å². The van der Waals surface area contributed by atoms with Crippen molar-refractivity contribution in [3.05, 3.63) is 53.6 Å². The molecule has 0 spiro atoms. The van der Waals surface area contributed by atoms with Crippen molar-refractivity contribution in [1.29, 1.82) is 0 Å². The average Bonchev–Trinajstić information content (AvgIpc) is 2.46. The molecule has 1 aliphatic rings. The third-order valence-corrected chi connectivity index (χ3v) is 3.96. The monoisotopic (exact) mass is 356 g/mol. The fourth-order valence-electron chi connectivity index (χ4n) is 3.12. The summed E-state index contributed by atoms with van der Waals surface area (Å²) < 4.78 is 60.6. The molecule has 3 rings (SSSR count). The van der Waals surface area contributed by atoms with E-state index in [0.717, 1.165) is 12.1 Å². The fourth-order valence-corrected chi connectivity index (χ4v) is 3.12. The molecule has 0 saturated heterocycles. The second kappa shape index (κ2) is 5.59. The van der Waals surface area contributed by atoms with Crippen LogP contribution >= 0.6 is 0 Å². The Labute approximate surface area is 141 Å². The van der Waals surface area contributed by atoms with Crippen LogP contribution in [-0.4, -0.2) is 16.9 Å². The number of alkyl halides is 3. The van der Waals surface area contributed by atoms with Crippen molar-refractivity contribution in [3.63, 3.8) is 0 Å². The van der Waals surface area contributed by atoms with Crippen molar-refractivity contribution in [2.24, 2.45) is 5.73 Å². The van der Waals surface area contributed by atoms with E-state index in [4.69, 9.17) is 10.5 Å². The van der Waals surface area contributed by atoms with Gasteiger partial charge < -0.3 is 15.2 Å². The Hall–Kier alpha value is -2.35. The molecular formula is C17H16F4N2O2. The van der Waals surface area contributed by atoms with Crippen molar-refractivity contribution in [3.8, 4) is 11.5 Å². The SMILES string of the molecule is CC1(C)C[C@](N)(c2ccc(OC(F)(F)F)c(F)c2)c2ncccc2O1. The lowest BCUT2D eigenvalue weighted by Gasteiger charge is -2.43. The third kappa shape index (κ3) is 3.39. The van der Waals surface area contributed by atoms with Gasteiger partial charge in [0.25, 0.3) is 0 Å². The molecular weight excluding hydrogens is 340 g/mol. The number of nitrogens with zero attached hydrogens (tertiary/aromatic N) is 1. The Bertz CT molecular complexity index is 807. The first kappa shape index (κ1) is 17.5. The van der Waals surface area contributed by atoms with Gasteiger partial charge in [-0.15, -0.1) is 13.2 Å². The van der Waals surface area contributed by atoms with Crippen molar-refractivity contribution >= 4 is 0 Å². The topological polar surface area (TPSA) is 57.4 Å². The summed E-state index contributed by atoms with van der Waals surface area (Å²) in [6, 6.07) is 6.55. The maximum atomic E-state index is 14.1. The average molecular weight is 356 g/mol. The maximum absolute atomic E-state index is 14.1. The van der Waals surface area contributed by atoms with Gasteiger partial charge in [0.1, 0.15) is 17.0 Å². The first-order valence-electron chi connectivity index (χ1n) is 7.49. The number of ether oxygens (including phenoxy) is 2. The zero-order valence-corrected chi connectivity index (χ0v) is 13.5. The molecule has 1 aromatic heterocycles. The van der Waals surface area contributed by atoms with E-state index in [-0.39, 0.29) is 12.0 Å². The van der Waals surface area contributed by atoms with E-state index in [9.17, 15) is 17.6 Å². The van der Waals surface area contributed by atoms with Gasteiger partial charge >= 0.3 is 6.36 Å². The summed E-state index contributed by atoms with van der Waals surface area (Å²) in [6.45, 7) is 3.64. The summed E-state index contributed by atoms with van der Waals surface area (Å²) in [6.07, 6.45) is -3.18. The van der Waals surface area contributed by atoms with Gasteiger partial charge in [0.2, 0.25) is 0 Å². The van der Waals surface area contributed by atoms with Gasteiger partial charge in [0, 0.05) is 12.6 Å². The van der Waals surface area contributed by atoms with Crippen LogP contribution in [0, 0.1) is 5.82 Å². The summed E-state index contributed by atoms with van der Waals surface area (Å²) >= 11 is 0. The lowest BCUT2D eigenvalue weighted by Crippen LogP contribution is -2.51. The minimum absolute atomic E-state index is 0.267. The number of nitrogens with two attached hydrogens (primary N) is 1. The lowest BCUT2D eigenvalue weighted by molar-refractivity contribution is -0.275. The van der Waals surface area contributed by atoms with E-state index in [2.05, 4.69) is 9.72 Å². The summed E-state index contributed by atoms with van der Waals surface area (Å²) in [7, 11) is 0. The van der Waals surface area contributed by atoms with Crippen LogP contribution in [0.1, 0.15) is 31.5 Å². The molecule has 1 aliphatic heterocycles. The molecule has 2 N–H and O–H groups in total. The standard InChI is InChI=1S/C17H16F4N2O2/c1-15(2)9-16(22,14-13(24-15)4-3-7-23-14)10-5-6-12(11(18)8-10)25-17(19,20)21/h3-8H,9,22H2,1-2H3/t16-/m0/s1. The predicted octanol–water partition coefficient (Wildman–Crippen LogP) is 3.88. The van der Waals surface area contributed by atoms with E-state index in [1.54, 1.807) is 12.1 Å². The molecule has 0 bridgehead atoms. The largest absolute Gasteiger partial charge is 0.573 e. The van der Waals surface area contributed by atoms with E-state index in [1.807, 2.05) is 13.8 Å². The molecule has 8 heteroatoms. The highest BCUT2D eigenvalue weighted by Crippen LogP contribution is 2.45. The van der Waals surface area contributed by atoms with Crippen molar-refractivity contribution in [2.45, 2.75) is 37.8 Å². The zero-order chi connectivity index (χ0) is 18.5. The molecule has 0 amide bonds. The first-order valence-corrected chi connectivity index (χ1v) is 7.49. The molecule has 0 radical (unpaired) electrons. The Morgan fingerprint density at radius 3 is 2.60 bits per heavy atom. The van der Waals surface area contributed by atoms with E-state index < -0.39 is 29.1 Å². The highest BCUT2D eigenvalue weighted by molar-refractivity contribution is 5.46. The van der Waals surface area contributed by atoms with Crippen LogP contribution in [0.2, 0.25) is 0 Å². The van der Waals surface area contributed by atoms with Gasteiger partial charge in [-0.1, -0.05) is 6.07 Å². The number of fused-ring (bicyclic) bond motifs is 1. The molecule has 4 nitrogen and oxygen atoms in total. The molecule has 25 heavy (non-hydrogen) atoms. The molecule has 0 saturated carbocycles. The number of rotatable bonds is 2. The van der Waals surface area contributed by atoms with Gasteiger partial charge in [-0.3, -0.25) is 4.98 Å². The second-order valence-corrected chi connectivity index (χ2v) is 6.55. The van der Waals surface area contributed by atoms with Crippen LogP contribution in [0.25, 0.3) is 0 Å². The van der Waals surface area contributed by atoms with Crippen LogP contribution in [-0.2, 0) is 5.54 Å². The molecule has 2 aromatic rings. The number of benzene rings is 1. The number of hydrogen-bond donors (Lipinski definition) is 1. The Morgan fingerprint density at radius 2 is 1.96 bits per heavy atom. The molecule has 134 valence electrons. The van der Waals surface area contributed by atoms with Crippen LogP contribution in [0.3, 0.4) is 0 Å². The first-order chi connectivity index (χ1) is 11.5. The molecule has 0 aliphatic carbocycles. The van der Waals surface area contributed by atoms with Crippen molar-refractivity contribution in [2.75, 3.05) is 0 Å². The van der Waals surface area contributed by atoms with Crippen molar-refractivity contribution in [1.82, 2.24) is 4.98 Å². The Kier molecular flexibility index (Phi) is 3.90. The highest BCUT2D eigenvalue weighted by Gasteiger charge is 2.45. The smallest absolute Gasteiger partial charge is 0.486 e. The highest BCUT2D eigenvalue weighted by atomic mass is 19.4. The minimum atomic E-state index is -4.97. The quantitative estimate of drug-likeness (QED) is 0.830. The second-order valence-electron chi connectivity index (χ2n) is 6.55. The molecule has 0 unspecified atom stereocenters. The summed E-state index contributed by atoms with van der Waals surface area (Å²) in [5.41, 5.74) is 5.35. The number of pyridine rings is 1. The molecule has 2 heterocycles. The number of hydrogen-bond acceptors (Lipinski definition) is 4. The maximum Gasteiger partial charge on any atom is 0.573 e. The van der Waals surface area contributed by atoms with Gasteiger partial charge in [-0.2, -0.15) is 0 Å². The zero-order valence-electron chi connectivity index (χ0n) is 13.5. The van der Waals surface area contributed by atoms with E-state index in [0.29, 0.717) is 11.4 Å². The van der Waals surface area contributed by atoms with E-state index in [1.165, 1.54) is 12.3 Å². The van der Waals surface area contributed by atoms with Crippen LogP contribution in [0.5, 0.6) is 11.5 Å². The molecule has 0 fully saturated rings. The van der Waals surface area contributed by atoms with Crippen LogP contribution in [0.15, 0.2) is 36.5 Å². The van der Waals surface area contributed by atoms with Crippen LogP contribution < -0.4 is 15.2 Å². The number of halogens is 4. The van der Waals surface area contributed by atoms with Crippen molar-refractivity contribution < 1.29 is 27.0 Å². The van der Waals surface area contributed by atoms with Gasteiger partial charge in [0.05, 0.1) is 5.54 Å². The summed E-state index contributed by atoms with van der Waals surface area (Å²) in [4.78, 5) is 4.24. The third-order valence-electron chi connectivity index (χ3n) is 3.96. The predicted molar refractivity (Wildman–Crippen MR) is 81.6 cm³/mol. The summed E-state index contributed by atoms with van der Waals surface area (Å²) in [5, 5.41) is 0. The molecule has 1 aromatic carbocycles. The van der Waals surface area contributed by atoms with Crippen LogP contribution in [0.4, 0.5) is 17.6 Å². The summed E-state index contributed by atoms with van der Waals surface area (Å²) in [5.74, 6) is -1.61. The van der Waals surface area contributed by atoms with Gasteiger partial charge in [-0.05, 0) is 43.7 Å².